The van der Waals surface area contributed by atoms with Crippen molar-refractivity contribution in [2.45, 2.75) is 46.5 Å². The molecule has 5 rings (SSSR count). The van der Waals surface area contributed by atoms with Crippen LogP contribution in [0, 0.1) is 16.7 Å². The van der Waals surface area contributed by atoms with Gasteiger partial charge in [0.2, 0.25) is 11.8 Å². The number of imide groups is 1. The van der Waals surface area contributed by atoms with Gasteiger partial charge in [-0.3, -0.25) is 19.4 Å². The van der Waals surface area contributed by atoms with Crippen LogP contribution in [0.15, 0.2) is 12.7 Å². The van der Waals surface area contributed by atoms with Gasteiger partial charge in [0.1, 0.15) is 11.8 Å². The molecule has 2 aromatic heterocycles. The van der Waals surface area contributed by atoms with Crippen molar-refractivity contribution in [1.82, 2.24) is 29.7 Å². The highest BCUT2D eigenvalue weighted by Crippen LogP contribution is 2.60. The summed E-state index contributed by atoms with van der Waals surface area (Å²) in [5.41, 5.74) is 0.957. The number of piperidine rings is 1. The number of rotatable bonds is 6. The Morgan fingerprint density at radius 3 is 2.56 bits per heavy atom. The number of aromatic nitrogens is 4. The molecule has 1 N–H and O–H groups in total. The van der Waals surface area contributed by atoms with Gasteiger partial charge in [-0.25, -0.2) is 15.0 Å². The fourth-order valence-electron chi connectivity index (χ4n) is 5.89. The summed E-state index contributed by atoms with van der Waals surface area (Å²) in [5.74, 6) is 1.00. The molecule has 0 radical (unpaired) electrons. The van der Waals surface area contributed by atoms with Gasteiger partial charge >= 0.3 is 0 Å². The molecule has 3 fully saturated rings. The highest BCUT2D eigenvalue weighted by Gasteiger charge is 2.64. The van der Waals surface area contributed by atoms with Crippen molar-refractivity contribution < 1.29 is 9.59 Å². The van der Waals surface area contributed by atoms with E-state index in [1.165, 1.54) is 0 Å². The number of hydrogen-bond donors (Lipinski definition) is 1. The summed E-state index contributed by atoms with van der Waals surface area (Å²) in [5, 5.41) is 0. The van der Waals surface area contributed by atoms with E-state index in [0.29, 0.717) is 12.2 Å². The number of amides is 2. The van der Waals surface area contributed by atoms with Crippen molar-refractivity contribution in [2.24, 2.45) is 16.7 Å². The molecule has 2 atom stereocenters. The number of H-pyrrole nitrogens is 1. The maximum Gasteiger partial charge on any atom is 0.235 e. The predicted octanol–water partition coefficient (Wildman–Crippen LogP) is 2.07. The van der Waals surface area contributed by atoms with Crippen LogP contribution in [-0.2, 0) is 9.59 Å². The number of imidazole rings is 1. The van der Waals surface area contributed by atoms with Gasteiger partial charge in [-0.15, -0.1) is 0 Å². The van der Waals surface area contributed by atoms with E-state index in [1.807, 2.05) is 0 Å². The van der Waals surface area contributed by atoms with Crippen molar-refractivity contribution >= 4 is 28.8 Å². The Morgan fingerprint density at radius 1 is 1.03 bits per heavy atom. The van der Waals surface area contributed by atoms with Crippen LogP contribution in [0.25, 0.3) is 11.2 Å². The van der Waals surface area contributed by atoms with E-state index in [9.17, 15) is 9.59 Å². The fourth-order valence-corrected chi connectivity index (χ4v) is 5.89. The molecule has 2 bridgehead atoms. The first-order valence-electron chi connectivity index (χ1n) is 11.8. The van der Waals surface area contributed by atoms with Gasteiger partial charge < -0.3 is 9.88 Å². The lowest BCUT2D eigenvalue weighted by atomic mass is 9.62. The number of nitrogens with zero attached hydrogens (tertiary/aromatic N) is 6. The number of likely N-dealkylation sites (tertiary alicyclic amines) is 1. The van der Waals surface area contributed by atoms with Gasteiger partial charge in [-0.2, -0.15) is 0 Å². The molecule has 32 heavy (non-hydrogen) atoms. The van der Waals surface area contributed by atoms with Gasteiger partial charge in [0.25, 0.3) is 0 Å². The maximum atomic E-state index is 13.1. The standard InChI is InChI=1S/C23H33N7O2/c1-22(2)16-6-7-23(22,3)21(32)30(20(16)31)9-5-4-8-28-10-12-29(13-11-28)19-17-18(25-14-24-17)26-15-27-19/h14-16H,4-13H2,1-3H3,(H,24,25,26,27). The first kappa shape index (κ1) is 21.3. The van der Waals surface area contributed by atoms with Gasteiger partial charge in [0.05, 0.1) is 11.7 Å². The third-order valence-electron chi connectivity index (χ3n) is 8.49. The van der Waals surface area contributed by atoms with E-state index in [-0.39, 0.29) is 23.1 Å². The fraction of sp³-hybridized carbons (Fsp3) is 0.696. The summed E-state index contributed by atoms with van der Waals surface area (Å²) < 4.78 is 0. The second kappa shape index (κ2) is 7.79. The van der Waals surface area contributed by atoms with Crippen LogP contribution in [0.1, 0.15) is 46.5 Å². The van der Waals surface area contributed by atoms with E-state index in [2.05, 4.69) is 50.5 Å². The number of unbranched alkanes of at least 4 members (excludes halogenated alkanes) is 1. The number of carbonyl (C=O) groups is 2. The first-order valence-corrected chi connectivity index (χ1v) is 11.8. The van der Waals surface area contributed by atoms with Crippen LogP contribution in [0.3, 0.4) is 0 Å². The number of carbonyl (C=O) groups excluding carboxylic acids is 2. The first-order chi connectivity index (χ1) is 15.3. The molecule has 3 aliphatic rings. The van der Waals surface area contributed by atoms with Gasteiger partial charge in [0, 0.05) is 38.6 Å². The van der Waals surface area contributed by atoms with E-state index in [0.717, 1.165) is 69.7 Å². The van der Waals surface area contributed by atoms with Gasteiger partial charge in [-0.05, 0) is 37.6 Å². The molecule has 9 heteroatoms. The lowest BCUT2D eigenvalue weighted by molar-refractivity contribution is -0.167. The molecule has 172 valence electrons. The van der Waals surface area contributed by atoms with Gasteiger partial charge in [-0.1, -0.05) is 20.8 Å². The third-order valence-corrected chi connectivity index (χ3v) is 8.49. The Labute approximate surface area is 188 Å². The summed E-state index contributed by atoms with van der Waals surface area (Å²) >= 11 is 0. The largest absolute Gasteiger partial charge is 0.352 e. The minimum absolute atomic E-state index is 0.0126. The summed E-state index contributed by atoms with van der Waals surface area (Å²) in [7, 11) is 0. The van der Waals surface area contributed by atoms with E-state index in [4.69, 9.17) is 0 Å². The zero-order chi connectivity index (χ0) is 22.5. The zero-order valence-electron chi connectivity index (χ0n) is 19.3. The third kappa shape index (κ3) is 3.20. The van der Waals surface area contributed by atoms with Crippen molar-refractivity contribution in [2.75, 3.05) is 44.2 Å². The highest BCUT2D eigenvalue weighted by molar-refractivity contribution is 6.03. The molecule has 9 nitrogen and oxygen atoms in total. The quantitative estimate of drug-likeness (QED) is 0.543. The predicted molar refractivity (Wildman–Crippen MR) is 121 cm³/mol. The summed E-state index contributed by atoms with van der Waals surface area (Å²) in [6.07, 6.45) is 6.74. The second-order valence-electron chi connectivity index (χ2n) is 10.3. The molecule has 2 aromatic rings. The molecule has 0 aromatic carbocycles. The molecular weight excluding hydrogens is 406 g/mol. The summed E-state index contributed by atoms with van der Waals surface area (Å²) in [4.78, 5) is 48.4. The van der Waals surface area contributed by atoms with Crippen LogP contribution >= 0.6 is 0 Å². The molecule has 1 saturated carbocycles. The molecule has 2 amide bonds. The Morgan fingerprint density at radius 2 is 1.78 bits per heavy atom. The van der Waals surface area contributed by atoms with E-state index >= 15 is 0 Å². The normalized spacial score (nSPS) is 28.2. The molecule has 0 spiro atoms. The smallest absolute Gasteiger partial charge is 0.235 e. The second-order valence-corrected chi connectivity index (χ2v) is 10.3. The average Bonchev–Trinajstić information content (AvgIpc) is 3.33. The van der Waals surface area contributed by atoms with Crippen LogP contribution in [0.2, 0.25) is 0 Å². The minimum Gasteiger partial charge on any atom is -0.352 e. The average molecular weight is 440 g/mol. The Balaban J connectivity index is 1.10. The molecular formula is C23H33N7O2. The van der Waals surface area contributed by atoms with Crippen molar-refractivity contribution in [3.8, 4) is 0 Å². The minimum atomic E-state index is -0.400. The number of anilines is 1. The van der Waals surface area contributed by atoms with Crippen LogP contribution in [0.4, 0.5) is 5.82 Å². The number of nitrogens with one attached hydrogen (secondary N) is 1. The molecule has 2 aliphatic heterocycles. The zero-order valence-corrected chi connectivity index (χ0v) is 19.3. The lowest BCUT2D eigenvalue weighted by Gasteiger charge is -2.47. The SMILES string of the molecule is CC12CCC(C(=O)N(CCCCN3CCN(c4ncnc5nc[nH]c45)CC3)C1=O)C2(C)C. The topological polar surface area (TPSA) is 98.3 Å². The number of fused-ring (bicyclic) bond motifs is 3. The van der Waals surface area contributed by atoms with Gasteiger partial charge in [0.15, 0.2) is 11.5 Å². The monoisotopic (exact) mass is 439 g/mol. The maximum absolute atomic E-state index is 13.1. The highest BCUT2D eigenvalue weighted by atomic mass is 16.2. The number of piperazine rings is 1. The van der Waals surface area contributed by atoms with Crippen molar-refractivity contribution in [3.05, 3.63) is 12.7 Å². The Hall–Kier alpha value is -2.55. The van der Waals surface area contributed by atoms with Crippen LogP contribution < -0.4 is 4.90 Å². The number of hydrogen-bond acceptors (Lipinski definition) is 7. The molecule has 4 heterocycles. The molecule has 1 aliphatic carbocycles. The van der Waals surface area contributed by atoms with Crippen LogP contribution in [0.5, 0.6) is 0 Å². The summed E-state index contributed by atoms with van der Waals surface area (Å²) in [6.45, 7) is 11.5. The van der Waals surface area contributed by atoms with Crippen molar-refractivity contribution in [3.63, 3.8) is 0 Å². The lowest BCUT2D eigenvalue weighted by Crippen LogP contribution is -2.59. The number of aromatic amines is 1. The Bertz CT molecular complexity index is 1030. The van der Waals surface area contributed by atoms with E-state index < -0.39 is 5.41 Å². The Kier molecular flexibility index (Phi) is 5.19. The van der Waals surface area contributed by atoms with Crippen molar-refractivity contribution in [1.29, 1.82) is 0 Å². The summed E-state index contributed by atoms with van der Waals surface area (Å²) in [6, 6.07) is 0. The van der Waals surface area contributed by atoms with Crippen LogP contribution in [-0.4, -0.2) is 80.8 Å². The van der Waals surface area contributed by atoms with E-state index in [1.54, 1.807) is 17.6 Å². The molecule has 2 saturated heterocycles. The molecule has 2 unspecified atom stereocenters.